The van der Waals surface area contributed by atoms with Gasteiger partial charge < -0.3 is 10.1 Å². The molecule has 0 amide bonds. The van der Waals surface area contributed by atoms with Gasteiger partial charge in [-0.25, -0.2) is 0 Å². The predicted octanol–water partition coefficient (Wildman–Crippen LogP) is 4.72. The van der Waals surface area contributed by atoms with Gasteiger partial charge in [-0.1, -0.05) is 29.8 Å². The monoisotopic (exact) mass is 359 g/mol. The molecule has 0 saturated heterocycles. The average molecular weight is 360 g/mol. The summed E-state index contributed by atoms with van der Waals surface area (Å²) in [7, 11) is 1.65. The van der Waals surface area contributed by atoms with Crippen LogP contribution in [0.3, 0.4) is 0 Å². The van der Waals surface area contributed by atoms with E-state index in [0.717, 1.165) is 22.7 Å². The summed E-state index contributed by atoms with van der Waals surface area (Å²) in [5, 5.41) is 8.33. The van der Waals surface area contributed by atoms with Gasteiger partial charge in [-0.05, 0) is 67.2 Å². The zero-order valence-electron chi connectivity index (χ0n) is 13.4. The molecule has 0 radical (unpaired) electrons. The summed E-state index contributed by atoms with van der Waals surface area (Å²) in [5.41, 5.74) is 5.51. The van der Waals surface area contributed by atoms with Gasteiger partial charge in [0, 0.05) is 10.7 Å². The van der Waals surface area contributed by atoms with E-state index in [1.54, 1.807) is 19.2 Å². The van der Waals surface area contributed by atoms with Crippen molar-refractivity contribution in [2.45, 2.75) is 6.92 Å². The third-order valence-electron chi connectivity index (χ3n) is 3.07. The van der Waals surface area contributed by atoms with E-state index in [1.165, 1.54) is 0 Å². The Kier molecular flexibility index (Phi) is 6.78. The number of ether oxygens (including phenoxy) is 1. The van der Waals surface area contributed by atoms with Crippen LogP contribution >= 0.6 is 23.8 Å². The van der Waals surface area contributed by atoms with Crippen LogP contribution in [0.25, 0.3) is 6.08 Å². The third kappa shape index (κ3) is 6.02. The molecule has 0 unspecified atom stereocenters. The average Bonchev–Trinajstić information content (AvgIpc) is 2.60. The second-order valence-corrected chi connectivity index (χ2v) is 5.78. The summed E-state index contributed by atoms with van der Waals surface area (Å²) in [6.07, 6.45) is 3.87. The molecule has 0 heterocycles. The molecule has 124 valence electrons. The van der Waals surface area contributed by atoms with Crippen molar-refractivity contribution in [2.24, 2.45) is 5.10 Å². The molecule has 0 aliphatic rings. The molecule has 2 aromatic carbocycles. The Bertz CT molecular complexity index is 740. The SMILES string of the molecule is COc1ccc(/C=C/C(C)=N/NC(=S)Nc2ccc(Cl)cc2)cc1. The molecule has 0 aliphatic carbocycles. The lowest BCUT2D eigenvalue weighted by atomic mass is 10.2. The molecule has 0 spiro atoms. The van der Waals surface area contributed by atoms with Crippen LogP contribution in [0.2, 0.25) is 5.02 Å². The largest absolute Gasteiger partial charge is 0.497 e. The first-order chi connectivity index (χ1) is 11.6. The quantitative estimate of drug-likeness (QED) is 0.460. The smallest absolute Gasteiger partial charge is 0.191 e. The van der Waals surface area contributed by atoms with Crippen LogP contribution in [0.4, 0.5) is 5.69 Å². The number of hydrogen-bond donors (Lipinski definition) is 2. The fourth-order valence-corrected chi connectivity index (χ4v) is 2.09. The number of thiocarbonyl (C=S) groups is 1. The first kappa shape index (κ1) is 18.0. The van der Waals surface area contributed by atoms with Gasteiger partial charge in [-0.15, -0.1) is 0 Å². The van der Waals surface area contributed by atoms with E-state index in [0.29, 0.717) is 10.1 Å². The van der Waals surface area contributed by atoms with Gasteiger partial charge in [0.05, 0.1) is 12.8 Å². The molecular weight excluding hydrogens is 342 g/mol. The molecule has 2 aromatic rings. The minimum absolute atomic E-state index is 0.412. The third-order valence-corrected chi connectivity index (χ3v) is 3.51. The fourth-order valence-electron chi connectivity index (χ4n) is 1.80. The number of allylic oxidation sites excluding steroid dienone is 1. The van der Waals surface area contributed by atoms with E-state index in [-0.39, 0.29) is 0 Å². The van der Waals surface area contributed by atoms with E-state index < -0.39 is 0 Å². The predicted molar refractivity (Wildman–Crippen MR) is 106 cm³/mol. The van der Waals surface area contributed by atoms with Gasteiger partial charge in [0.1, 0.15) is 5.75 Å². The van der Waals surface area contributed by atoms with Crippen molar-refractivity contribution in [1.82, 2.24) is 5.43 Å². The molecule has 2 N–H and O–H groups in total. The maximum atomic E-state index is 5.84. The molecule has 6 heteroatoms. The second-order valence-electron chi connectivity index (χ2n) is 4.93. The van der Waals surface area contributed by atoms with E-state index in [9.17, 15) is 0 Å². The number of nitrogens with zero attached hydrogens (tertiary/aromatic N) is 1. The van der Waals surface area contributed by atoms with Crippen LogP contribution in [0.15, 0.2) is 59.7 Å². The molecule has 0 aromatic heterocycles. The first-order valence-corrected chi connectivity index (χ1v) is 8.04. The van der Waals surface area contributed by atoms with Crippen molar-refractivity contribution in [3.63, 3.8) is 0 Å². The van der Waals surface area contributed by atoms with Crippen LogP contribution in [-0.4, -0.2) is 17.9 Å². The Labute approximate surface area is 152 Å². The second kappa shape index (κ2) is 9.05. The number of anilines is 1. The lowest BCUT2D eigenvalue weighted by Crippen LogP contribution is -2.24. The Hall–Kier alpha value is -2.37. The minimum atomic E-state index is 0.412. The number of halogens is 1. The summed E-state index contributed by atoms with van der Waals surface area (Å²) in [5.74, 6) is 0.831. The standard InChI is InChI=1S/C18H18ClN3OS/c1-13(3-4-14-5-11-17(23-2)12-6-14)21-22-18(24)20-16-9-7-15(19)8-10-16/h3-12H,1-2H3,(H2,20,22,24)/b4-3+,21-13+. The van der Waals surface area contributed by atoms with E-state index in [1.807, 2.05) is 55.5 Å². The zero-order valence-corrected chi connectivity index (χ0v) is 15.0. The molecule has 2 rings (SSSR count). The number of methoxy groups -OCH3 is 1. The van der Waals surface area contributed by atoms with Gasteiger partial charge >= 0.3 is 0 Å². The molecule has 0 saturated carbocycles. The highest BCUT2D eigenvalue weighted by Gasteiger charge is 1.96. The Morgan fingerprint density at radius 2 is 1.79 bits per heavy atom. The van der Waals surface area contributed by atoms with Crippen molar-refractivity contribution in [3.05, 3.63) is 65.2 Å². The van der Waals surface area contributed by atoms with E-state index in [4.69, 9.17) is 28.6 Å². The van der Waals surface area contributed by atoms with Gasteiger partial charge in [-0.2, -0.15) is 5.10 Å². The van der Waals surface area contributed by atoms with Crippen molar-refractivity contribution in [3.8, 4) is 5.75 Å². The van der Waals surface area contributed by atoms with Crippen molar-refractivity contribution in [1.29, 1.82) is 0 Å². The highest BCUT2D eigenvalue weighted by molar-refractivity contribution is 7.80. The first-order valence-electron chi connectivity index (χ1n) is 7.26. The molecule has 24 heavy (non-hydrogen) atoms. The highest BCUT2D eigenvalue weighted by Crippen LogP contribution is 2.13. The Morgan fingerprint density at radius 3 is 2.42 bits per heavy atom. The van der Waals surface area contributed by atoms with Crippen LogP contribution in [-0.2, 0) is 0 Å². The molecule has 0 aliphatic heterocycles. The number of benzene rings is 2. The lowest BCUT2D eigenvalue weighted by molar-refractivity contribution is 0.415. The number of rotatable bonds is 5. The minimum Gasteiger partial charge on any atom is -0.497 e. The molecule has 0 bridgehead atoms. The van der Waals surface area contributed by atoms with Crippen LogP contribution < -0.4 is 15.5 Å². The summed E-state index contributed by atoms with van der Waals surface area (Å²) < 4.78 is 5.13. The summed E-state index contributed by atoms with van der Waals surface area (Å²) in [4.78, 5) is 0. The van der Waals surface area contributed by atoms with Crippen LogP contribution in [0, 0.1) is 0 Å². The van der Waals surface area contributed by atoms with Gasteiger partial charge in [0.2, 0.25) is 0 Å². The van der Waals surface area contributed by atoms with Gasteiger partial charge in [-0.3, -0.25) is 5.43 Å². The maximum Gasteiger partial charge on any atom is 0.191 e. The Balaban J connectivity index is 1.86. The molecule has 0 atom stereocenters. The van der Waals surface area contributed by atoms with Crippen LogP contribution in [0.1, 0.15) is 12.5 Å². The zero-order chi connectivity index (χ0) is 17.4. The molecule has 4 nitrogen and oxygen atoms in total. The molecular formula is C18H18ClN3OS. The fraction of sp³-hybridized carbons (Fsp3) is 0.111. The van der Waals surface area contributed by atoms with E-state index in [2.05, 4.69) is 15.8 Å². The maximum absolute atomic E-state index is 5.84. The van der Waals surface area contributed by atoms with Crippen LogP contribution in [0.5, 0.6) is 5.75 Å². The van der Waals surface area contributed by atoms with Crippen molar-refractivity contribution in [2.75, 3.05) is 12.4 Å². The van der Waals surface area contributed by atoms with E-state index >= 15 is 0 Å². The number of hydrazone groups is 1. The highest BCUT2D eigenvalue weighted by atomic mass is 35.5. The number of hydrogen-bond acceptors (Lipinski definition) is 3. The number of nitrogens with one attached hydrogen (secondary N) is 2. The van der Waals surface area contributed by atoms with Gasteiger partial charge in [0.25, 0.3) is 0 Å². The Morgan fingerprint density at radius 1 is 1.12 bits per heavy atom. The summed E-state index contributed by atoms with van der Waals surface area (Å²) in [6, 6.07) is 15.0. The molecule has 0 fully saturated rings. The van der Waals surface area contributed by atoms with Gasteiger partial charge in [0.15, 0.2) is 5.11 Å². The summed E-state index contributed by atoms with van der Waals surface area (Å²) in [6.45, 7) is 1.89. The van der Waals surface area contributed by atoms with Crippen molar-refractivity contribution < 1.29 is 4.74 Å². The topological polar surface area (TPSA) is 45.6 Å². The van der Waals surface area contributed by atoms with Crippen molar-refractivity contribution >= 4 is 46.4 Å². The summed E-state index contributed by atoms with van der Waals surface area (Å²) >= 11 is 11.0. The lowest BCUT2D eigenvalue weighted by Gasteiger charge is -2.07. The normalized spacial score (nSPS) is 11.4.